The molecule has 10 nitrogen and oxygen atoms in total. The van der Waals surface area contributed by atoms with Crippen LogP contribution in [0.25, 0.3) is 0 Å². The van der Waals surface area contributed by atoms with E-state index in [0.29, 0.717) is 0 Å². The molecule has 10 heteroatoms. The number of nitrogens with zero attached hydrogens (tertiary/aromatic N) is 1. The second-order valence-corrected chi connectivity index (χ2v) is 9.53. The molecule has 4 aromatic rings. The molecule has 0 aliphatic carbocycles. The fourth-order valence-electron chi connectivity index (χ4n) is 4.44. The summed E-state index contributed by atoms with van der Waals surface area (Å²) < 4.78 is 28.7. The summed E-state index contributed by atoms with van der Waals surface area (Å²) in [6, 6.07) is 33.6. The van der Waals surface area contributed by atoms with E-state index in [4.69, 9.17) is 23.7 Å². The first kappa shape index (κ1) is 29.7. The van der Waals surface area contributed by atoms with E-state index >= 15 is 0 Å². The zero-order valence-corrected chi connectivity index (χ0v) is 23.1. The zero-order chi connectivity index (χ0) is 30.9. The first-order valence-corrected chi connectivity index (χ1v) is 13.5. The largest absolute Gasteiger partial charge is 0.451 e. The lowest BCUT2D eigenvalue weighted by atomic mass is 9.98. The number of carbonyl (C=O) groups excluding carboxylic acids is 4. The molecule has 1 saturated heterocycles. The molecule has 44 heavy (non-hydrogen) atoms. The predicted octanol–water partition coefficient (Wildman–Crippen LogP) is 4.77. The van der Waals surface area contributed by atoms with Gasteiger partial charge in [0.05, 0.1) is 28.3 Å². The summed E-state index contributed by atoms with van der Waals surface area (Å²) in [6.07, 6.45) is -8.24. The predicted molar refractivity (Wildman–Crippen MR) is 153 cm³/mol. The summed E-state index contributed by atoms with van der Waals surface area (Å²) in [5.41, 5.74) is 0.557. The Bertz CT molecular complexity index is 1640. The van der Waals surface area contributed by atoms with Gasteiger partial charge in [0.25, 0.3) is 0 Å². The van der Waals surface area contributed by atoms with Crippen molar-refractivity contribution >= 4 is 23.9 Å². The van der Waals surface area contributed by atoms with Gasteiger partial charge in [-0.15, -0.1) is 0 Å². The highest BCUT2D eigenvalue weighted by atomic mass is 16.7. The Balaban J connectivity index is 1.54. The third-order valence-corrected chi connectivity index (χ3v) is 6.61. The number of benzene rings is 4. The van der Waals surface area contributed by atoms with Gasteiger partial charge in [0.2, 0.25) is 12.4 Å². The molecule has 1 fully saturated rings. The molecule has 4 aromatic carbocycles. The Morgan fingerprint density at radius 3 is 1.16 bits per heavy atom. The number of nitriles is 1. The van der Waals surface area contributed by atoms with Crippen molar-refractivity contribution in [2.24, 2.45) is 0 Å². The van der Waals surface area contributed by atoms with Gasteiger partial charge in [0, 0.05) is 0 Å². The summed E-state index contributed by atoms with van der Waals surface area (Å²) in [4.78, 5) is 52.8. The summed E-state index contributed by atoms with van der Waals surface area (Å²) in [6.45, 7) is 0. The number of rotatable bonds is 8. The second kappa shape index (κ2) is 13.9. The van der Waals surface area contributed by atoms with E-state index in [2.05, 4.69) is 0 Å². The van der Waals surface area contributed by atoms with Crippen molar-refractivity contribution in [2.75, 3.05) is 0 Å². The molecular weight excluding hydrogens is 566 g/mol. The van der Waals surface area contributed by atoms with Crippen LogP contribution in [0, 0.1) is 11.3 Å². The highest BCUT2D eigenvalue weighted by Gasteiger charge is 2.54. The molecule has 0 saturated carbocycles. The van der Waals surface area contributed by atoms with Crippen molar-refractivity contribution in [1.29, 1.82) is 5.26 Å². The molecule has 0 amide bonds. The van der Waals surface area contributed by atoms with E-state index in [1.165, 1.54) is 48.5 Å². The fourth-order valence-corrected chi connectivity index (χ4v) is 4.44. The smallest absolute Gasteiger partial charge is 0.340 e. The van der Waals surface area contributed by atoms with Crippen LogP contribution in [0.3, 0.4) is 0 Å². The molecule has 1 heterocycles. The third kappa shape index (κ3) is 6.98. The molecule has 0 spiro atoms. The van der Waals surface area contributed by atoms with E-state index in [0.717, 1.165) is 0 Å². The van der Waals surface area contributed by atoms with E-state index in [1.807, 2.05) is 6.07 Å². The highest BCUT2D eigenvalue weighted by Crippen LogP contribution is 2.31. The van der Waals surface area contributed by atoms with Crippen LogP contribution in [0.15, 0.2) is 121 Å². The normalized spacial score (nSPS) is 20.8. The minimum atomic E-state index is -1.74. The average Bonchev–Trinajstić information content (AvgIpc) is 3.08. The van der Waals surface area contributed by atoms with Crippen LogP contribution >= 0.6 is 0 Å². The zero-order valence-electron chi connectivity index (χ0n) is 23.1. The minimum Gasteiger partial charge on any atom is -0.451 e. The fraction of sp³-hybridized carbons (Fsp3) is 0.147. The molecule has 5 rings (SSSR count). The van der Waals surface area contributed by atoms with Crippen LogP contribution < -0.4 is 0 Å². The van der Waals surface area contributed by atoms with Crippen LogP contribution in [0.4, 0.5) is 0 Å². The first-order chi connectivity index (χ1) is 21.4. The molecule has 5 unspecified atom stereocenters. The van der Waals surface area contributed by atoms with Gasteiger partial charge < -0.3 is 23.7 Å². The molecule has 0 radical (unpaired) electrons. The van der Waals surface area contributed by atoms with Gasteiger partial charge in [-0.2, -0.15) is 5.26 Å². The highest BCUT2D eigenvalue weighted by molar-refractivity contribution is 5.92. The van der Waals surface area contributed by atoms with Crippen LogP contribution in [0.1, 0.15) is 41.4 Å². The summed E-state index contributed by atoms with van der Waals surface area (Å²) in [5.74, 6) is -3.46. The monoisotopic (exact) mass is 591 g/mol. The molecule has 0 aromatic heterocycles. The minimum absolute atomic E-state index is 0.131. The second-order valence-electron chi connectivity index (χ2n) is 9.53. The molecule has 220 valence electrons. The van der Waals surface area contributed by atoms with Crippen LogP contribution in [0.5, 0.6) is 0 Å². The van der Waals surface area contributed by atoms with Gasteiger partial charge >= 0.3 is 23.9 Å². The van der Waals surface area contributed by atoms with E-state index in [9.17, 15) is 24.4 Å². The van der Waals surface area contributed by atoms with Gasteiger partial charge in [-0.1, -0.05) is 72.8 Å². The van der Waals surface area contributed by atoms with Crippen LogP contribution in [0.2, 0.25) is 0 Å². The van der Waals surface area contributed by atoms with Crippen molar-refractivity contribution in [2.45, 2.75) is 30.7 Å². The summed E-state index contributed by atoms with van der Waals surface area (Å²) in [5, 5.41) is 10.1. The lowest BCUT2D eigenvalue weighted by Gasteiger charge is -2.42. The lowest BCUT2D eigenvalue weighted by Crippen LogP contribution is -2.62. The SMILES string of the molecule is N#CC1OC(OC(=O)c2ccccc2)C(OC(=O)c2ccccc2)C(OC(=O)c2ccccc2)C1OC(=O)c1ccccc1. The number of carbonyl (C=O) groups is 4. The third-order valence-electron chi connectivity index (χ3n) is 6.61. The van der Waals surface area contributed by atoms with E-state index in [1.54, 1.807) is 72.8 Å². The molecular formula is C34H25NO9. The number of esters is 4. The van der Waals surface area contributed by atoms with Crippen molar-refractivity contribution in [3.63, 3.8) is 0 Å². The van der Waals surface area contributed by atoms with E-state index in [-0.39, 0.29) is 22.3 Å². The van der Waals surface area contributed by atoms with Gasteiger partial charge in [-0.3, -0.25) is 0 Å². The van der Waals surface area contributed by atoms with Crippen molar-refractivity contribution in [3.8, 4) is 6.07 Å². The lowest BCUT2D eigenvalue weighted by molar-refractivity contribution is -0.266. The number of hydrogen-bond acceptors (Lipinski definition) is 10. The first-order valence-electron chi connectivity index (χ1n) is 13.5. The summed E-state index contributed by atoms with van der Waals surface area (Å²) in [7, 11) is 0. The van der Waals surface area contributed by atoms with Gasteiger partial charge in [0.1, 0.15) is 0 Å². The summed E-state index contributed by atoms with van der Waals surface area (Å²) >= 11 is 0. The molecule has 0 N–H and O–H groups in total. The average molecular weight is 592 g/mol. The maximum absolute atomic E-state index is 13.3. The molecule has 0 bridgehead atoms. The Morgan fingerprint density at radius 2 is 0.795 bits per heavy atom. The topological polar surface area (TPSA) is 138 Å². The number of ether oxygens (including phenoxy) is 5. The van der Waals surface area contributed by atoms with Crippen molar-refractivity contribution < 1.29 is 42.9 Å². The van der Waals surface area contributed by atoms with Crippen LogP contribution in [-0.4, -0.2) is 54.6 Å². The maximum atomic E-state index is 13.3. The van der Waals surface area contributed by atoms with Crippen molar-refractivity contribution in [3.05, 3.63) is 144 Å². The Labute approximate surface area is 252 Å². The Hall–Kier alpha value is -5.79. The Kier molecular flexibility index (Phi) is 9.39. The molecule has 1 aliphatic heterocycles. The maximum Gasteiger partial charge on any atom is 0.340 e. The van der Waals surface area contributed by atoms with E-state index < -0.39 is 54.6 Å². The van der Waals surface area contributed by atoms with Gasteiger partial charge in [0.15, 0.2) is 18.3 Å². The van der Waals surface area contributed by atoms with Gasteiger partial charge in [-0.25, -0.2) is 19.2 Å². The quantitative estimate of drug-likeness (QED) is 0.208. The molecule has 5 atom stereocenters. The molecule has 1 aliphatic rings. The van der Waals surface area contributed by atoms with Gasteiger partial charge in [-0.05, 0) is 48.5 Å². The standard InChI is InChI=1S/C34H25NO9/c35-21-26-27(41-30(36)22-13-5-1-6-14-22)28(42-31(37)23-15-7-2-8-16-23)29(43-32(38)24-17-9-3-10-18-24)34(40-26)44-33(39)25-19-11-4-12-20-25/h1-20,26-29,34H. The Morgan fingerprint density at radius 1 is 0.477 bits per heavy atom. The van der Waals surface area contributed by atoms with Crippen LogP contribution in [-0.2, 0) is 23.7 Å². The van der Waals surface area contributed by atoms with Crippen molar-refractivity contribution in [1.82, 2.24) is 0 Å². The number of hydrogen-bond donors (Lipinski definition) is 0.